The Morgan fingerprint density at radius 1 is 1.12 bits per heavy atom. The highest BCUT2D eigenvalue weighted by Gasteiger charge is 2.11. The number of hydrogen-bond donors (Lipinski definition) is 1. The van der Waals surface area contributed by atoms with Crippen molar-refractivity contribution in [3.63, 3.8) is 0 Å². The summed E-state index contributed by atoms with van der Waals surface area (Å²) in [6, 6.07) is 10.1. The minimum Gasteiger partial charge on any atom is -0.364 e. The minimum atomic E-state index is -0.311. The highest BCUT2D eigenvalue weighted by molar-refractivity contribution is 5.66. The Morgan fingerprint density at radius 3 is 2.80 bits per heavy atom. The van der Waals surface area contributed by atoms with E-state index < -0.39 is 0 Å². The number of rotatable bonds is 4. The van der Waals surface area contributed by atoms with Crippen molar-refractivity contribution < 1.29 is 4.39 Å². The molecule has 0 unspecified atom stereocenters. The second-order valence-corrected chi connectivity index (χ2v) is 5.61. The number of anilines is 1. The van der Waals surface area contributed by atoms with E-state index in [-0.39, 0.29) is 5.82 Å². The molecule has 4 aromatic rings. The first-order chi connectivity index (χ1) is 12.2. The van der Waals surface area contributed by atoms with Crippen LogP contribution in [0.25, 0.3) is 16.9 Å². The van der Waals surface area contributed by atoms with Gasteiger partial charge in [-0.05, 0) is 19.1 Å². The SMILES string of the molecule is Cc1cnc(CNc2cc(-c3ccccc3F)nc3ccnn23)cn1. The lowest BCUT2D eigenvalue weighted by molar-refractivity contribution is 0.630. The van der Waals surface area contributed by atoms with Crippen LogP contribution in [0.5, 0.6) is 0 Å². The monoisotopic (exact) mass is 334 g/mol. The zero-order valence-corrected chi connectivity index (χ0v) is 13.5. The summed E-state index contributed by atoms with van der Waals surface area (Å²) in [6.07, 6.45) is 5.10. The van der Waals surface area contributed by atoms with Gasteiger partial charge in [0.15, 0.2) is 5.65 Å². The Morgan fingerprint density at radius 2 is 2.00 bits per heavy atom. The van der Waals surface area contributed by atoms with Crippen molar-refractivity contribution >= 4 is 11.5 Å². The topological polar surface area (TPSA) is 68.0 Å². The van der Waals surface area contributed by atoms with E-state index in [1.807, 2.05) is 6.92 Å². The predicted octanol–water partition coefficient (Wildman–Crippen LogP) is 3.25. The Labute approximate surface area is 143 Å². The molecule has 0 atom stereocenters. The molecule has 4 rings (SSSR count). The standard InChI is InChI=1S/C18H15FN6/c1-12-9-21-13(10-20-12)11-22-18-8-16(14-4-2-3-5-15(14)19)24-17-6-7-23-25(17)18/h2-10,22H,11H2,1H3. The molecule has 3 heterocycles. The van der Waals surface area contributed by atoms with Crippen LogP contribution >= 0.6 is 0 Å². The second kappa shape index (κ2) is 6.27. The maximum absolute atomic E-state index is 14.1. The molecule has 0 fully saturated rings. The number of hydrogen-bond acceptors (Lipinski definition) is 5. The van der Waals surface area contributed by atoms with E-state index in [0.29, 0.717) is 29.3 Å². The Bertz CT molecular complexity index is 1030. The van der Waals surface area contributed by atoms with Gasteiger partial charge in [-0.2, -0.15) is 9.61 Å². The lowest BCUT2D eigenvalue weighted by Gasteiger charge is -2.11. The molecule has 0 aliphatic rings. The van der Waals surface area contributed by atoms with Gasteiger partial charge in [0.2, 0.25) is 0 Å². The van der Waals surface area contributed by atoms with Crippen LogP contribution in [0.4, 0.5) is 10.2 Å². The molecule has 0 saturated carbocycles. The predicted molar refractivity (Wildman–Crippen MR) is 92.5 cm³/mol. The van der Waals surface area contributed by atoms with Crippen molar-refractivity contribution in [2.75, 3.05) is 5.32 Å². The summed E-state index contributed by atoms with van der Waals surface area (Å²) in [7, 11) is 0. The van der Waals surface area contributed by atoms with Gasteiger partial charge in [-0.25, -0.2) is 9.37 Å². The number of benzene rings is 1. The van der Waals surface area contributed by atoms with Gasteiger partial charge in [0.1, 0.15) is 11.6 Å². The van der Waals surface area contributed by atoms with Crippen LogP contribution in [-0.4, -0.2) is 24.6 Å². The van der Waals surface area contributed by atoms with Crippen molar-refractivity contribution in [1.82, 2.24) is 24.6 Å². The fraction of sp³-hybridized carbons (Fsp3) is 0.111. The van der Waals surface area contributed by atoms with E-state index in [9.17, 15) is 4.39 Å². The molecule has 25 heavy (non-hydrogen) atoms. The molecule has 1 N–H and O–H groups in total. The molecule has 0 saturated heterocycles. The van der Waals surface area contributed by atoms with Gasteiger partial charge in [0.25, 0.3) is 0 Å². The van der Waals surface area contributed by atoms with Crippen molar-refractivity contribution in [2.45, 2.75) is 13.5 Å². The quantitative estimate of drug-likeness (QED) is 0.620. The molecular weight excluding hydrogens is 319 g/mol. The number of nitrogens with one attached hydrogen (secondary N) is 1. The molecule has 124 valence electrons. The molecule has 6 nitrogen and oxygen atoms in total. The number of aryl methyl sites for hydroxylation is 1. The van der Waals surface area contributed by atoms with E-state index in [2.05, 4.69) is 25.4 Å². The molecule has 0 spiro atoms. The first-order valence-electron chi connectivity index (χ1n) is 7.82. The molecule has 0 bridgehead atoms. The second-order valence-electron chi connectivity index (χ2n) is 5.61. The summed E-state index contributed by atoms with van der Waals surface area (Å²) >= 11 is 0. The number of aromatic nitrogens is 5. The molecule has 3 aromatic heterocycles. The first kappa shape index (κ1) is 15.2. The fourth-order valence-corrected chi connectivity index (χ4v) is 2.54. The molecular formula is C18H15FN6. The molecule has 0 aliphatic carbocycles. The summed E-state index contributed by atoms with van der Waals surface area (Å²) in [6.45, 7) is 2.37. The van der Waals surface area contributed by atoms with E-state index in [1.165, 1.54) is 6.07 Å². The van der Waals surface area contributed by atoms with Crippen molar-refractivity contribution in [2.24, 2.45) is 0 Å². The summed E-state index contributed by atoms with van der Waals surface area (Å²) in [4.78, 5) is 13.0. The van der Waals surface area contributed by atoms with Crippen molar-refractivity contribution in [1.29, 1.82) is 0 Å². The van der Waals surface area contributed by atoms with Crippen LogP contribution in [0.15, 0.2) is 55.0 Å². The Kier molecular flexibility index (Phi) is 3.81. The summed E-state index contributed by atoms with van der Waals surface area (Å²) in [5.41, 5.74) is 3.30. The van der Waals surface area contributed by atoms with Gasteiger partial charge in [-0.3, -0.25) is 9.97 Å². The Hall–Kier alpha value is -3.35. The molecule has 7 heteroatoms. The third-order valence-corrected chi connectivity index (χ3v) is 3.79. The number of halogens is 1. The maximum atomic E-state index is 14.1. The minimum absolute atomic E-state index is 0.311. The van der Waals surface area contributed by atoms with Crippen LogP contribution in [0.2, 0.25) is 0 Å². The summed E-state index contributed by atoms with van der Waals surface area (Å²) in [5, 5.41) is 7.54. The van der Waals surface area contributed by atoms with Gasteiger partial charge < -0.3 is 5.32 Å². The normalized spacial score (nSPS) is 11.0. The zero-order chi connectivity index (χ0) is 17.2. The Balaban J connectivity index is 1.71. The van der Waals surface area contributed by atoms with Gasteiger partial charge >= 0.3 is 0 Å². The lowest BCUT2D eigenvalue weighted by Crippen LogP contribution is -2.08. The van der Waals surface area contributed by atoms with E-state index in [4.69, 9.17) is 0 Å². The average Bonchev–Trinajstić information content (AvgIpc) is 3.10. The lowest BCUT2D eigenvalue weighted by atomic mass is 10.1. The van der Waals surface area contributed by atoms with Crippen LogP contribution in [0, 0.1) is 12.7 Å². The van der Waals surface area contributed by atoms with Gasteiger partial charge in [0, 0.05) is 23.9 Å². The largest absolute Gasteiger partial charge is 0.364 e. The van der Waals surface area contributed by atoms with Gasteiger partial charge in [-0.1, -0.05) is 12.1 Å². The third-order valence-electron chi connectivity index (χ3n) is 3.79. The average molecular weight is 334 g/mol. The fourth-order valence-electron chi connectivity index (χ4n) is 2.54. The van der Waals surface area contributed by atoms with E-state index in [0.717, 1.165) is 11.4 Å². The van der Waals surface area contributed by atoms with Gasteiger partial charge in [0.05, 0.1) is 36.0 Å². The van der Waals surface area contributed by atoms with Crippen molar-refractivity contribution in [3.8, 4) is 11.3 Å². The molecule has 0 amide bonds. The van der Waals surface area contributed by atoms with Gasteiger partial charge in [-0.15, -0.1) is 0 Å². The highest BCUT2D eigenvalue weighted by Crippen LogP contribution is 2.24. The zero-order valence-electron chi connectivity index (χ0n) is 13.5. The molecule has 0 aliphatic heterocycles. The summed E-state index contributed by atoms with van der Waals surface area (Å²) in [5.74, 6) is 0.393. The maximum Gasteiger partial charge on any atom is 0.157 e. The van der Waals surface area contributed by atoms with Crippen LogP contribution in [0.1, 0.15) is 11.4 Å². The number of nitrogens with zero attached hydrogens (tertiary/aromatic N) is 5. The molecule has 0 radical (unpaired) electrons. The highest BCUT2D eigenvalue weighted by atomic mass is 19.1. The smallest absolute Gasteiger partial charge is 0.157 e. The van der Waals surface area contributed by atoms with E-state index in [1.54, 1.807) is 53.4 Å². The first-order valence-corrected chi connectivity index (χ1v) is 7.82. The van der Waals surface area contributed by atoms with Crippen molar-refractivity contribution in [3.05, 3.63) is 72.2 Å². The molecule has 1 aromatic carbocycles. The third kappa shape index (κ3) is 3.03. The van der Waals surface area contributed by atoms with E-state index >= 15 is 0 Å². The summed E-state index contributed by atoms with van der Waals surface area (Å²) < 4.78 is 15.8. The van der Waals surface area contributed by atoms with Crippen LogP contribution in [-0.2, 0) is 6.54 Å². The number of fused-ring (bicyclic) bond motifs is 1. The van der Waals surface area contributed by atoms with Crippen LogP contribution < -0.4 is 5.32 Å². The van der Waals surface area contributed by atoms with Crippen LogP contribution in [0.3, 0.4) is 0 Å².